The minimum absolute atomic E-state index is 0.102. The second kappa shape index (κ2) is 6.33. The number of ether oxygens (including phenoxy) is 3. The number of nitro groups is 1. The van der Waals surface area contributed by atoms with Crippen LogP contribution >= 0.6 is 11.8 Å². The summed E-state index contributed by atoms with van der Waals surface area (Å²) in [4.78, 5) is 12.6. The van der Waals surface area contributed by atoms with Gasteiger partial charge in [0.05, 0.1) is 35.0 Å². The molecule has 6 nitrogen and oxygen atoms in total. The van der Waals surface area contributed by atoms with E-state index in [0.717, 1.165) is 22.4 Å². The van der Waals surface area contributed by atoms with Gasteiger partial charge in [-0.25, -0.2) is 0 Å². The Morgan fingerprint density at radius 2 is 1.96 bits per heavy atom. The third kappa shape index (κ3) is 2.78. The summed E-state index contributed by atoms with van der Waals surface area (Å²) in [5.41, 5.74) is 1.94. The first-order valence-corrected chi connectivity index (χ1v) is 8.85. The van der Waals surface area contributed by atoms with Gasteiger partial charge in [0, 0.05) is 18.1 Å². The number of rotatable bonds is 4. The zero-order valence-corrected chi connectivity index (χ0v) is 14.5. The van der Waals surface area contributed by atoms with Crippen molar-refractivity contribution in [2.24, 2.45) is 0 Å². The minimum atomic E-state index is -0.736. The Hall–Kier alpha value is -2.09. The molecular weight excluding hydrogens is 342 g/mol. The highest BCUT2D eigenvalue weighted by atomic mass is 32.2. The van der Waals surface area contributed by atoms with E-state index in [1.165, 1.54) is 11.8 Å². The van der Waals surface area contributed by atoms with Gasteiger partial charge in [-0.3, -0.25) is 10.1 Å². The van der Waals surface area contributed by atoms with Crippen LogP contribution in [0.3, 0.4) is 0 Å². The number of benzene rings is 2. The van der Waals surface area contributed by atoms with Crippen molar-refractivity contribution in [3.63, 3.8) is 0 Å². The molecule has 1 heterocycles. The van der Waals surface area contributed by atoms with Crippen molar-refractivity contribution in [2.75, 3.05) is 20.3 Å². The Morgan fingerprint density at radius 3 is 2.68 bits per heavy atom. The summed E-state index contributed by atoms with van der Waals surface area (Å²) in [5.74, 6) is -0.0500. The third-order valence-electron chi connectivity index (χ3n) is 4.56. The normalized spacial score (nSPS) is 17.6. The lowest BCUT2D eigenvalue weighted by Gasteiger charge is -2.23. The van der Waals surface area contributed by atoms with E-state index in [9.17, 15) is 10.1 Å². The number of nitro benzene ring substituents is 1. The monoisotopic (exact) mass is 359 g/mol. The Morgan fingerprint density at radius 1 is 1.20 bits per heavy atom. The van der Waals surface area contributed by atoms with Crippen molar-refractivity contribution in [2.45, 2.75) is 28.4 Å². The third-order valence-corrected chi connectivity index (χ3v) is 5.66. The van der Waals surface area contributed by atoms with Gasteiger partial charge < -0.3 is 14.2 Å². The van der Waals surface area contributed by atoms with Crippen LogP contribution in [0.2, 0.25) is 0 Å². The molecule has 1 saturated heterocycles. The summed E-state index contributed by atoms with van der Waals surface area (Å²) < 4.78 is 17.1. The van der Waals surface area contributed by atoms with Crippen LogP contribution in [0.1, 0.15) is 17.5 Å². The molecule has 2 aromatic carbocycles. The van der Waals surface area contributed by atoms with Gasteiger partial charge in [0.2, 0.25) is 0 Å². The van der Waals surface area contributed by atoms with E-state index in [4.69, 9.17) is 14.2 Å². The average Bonchev–Trinajstić information content (AvgIpc) is 3.23. The molecule has 0 N–H and O–H groups in total. The molecule has 1 aliphatic heterocycles. The van der Waals surface area contributed by atoms with Gasteiger partial charge in [0.1, 0.15) is 5.75 Å². The Balaban J connectivity index is 1.80. The highest BCUT2D eigenvalue weighted by Gasteiger charge is 2.45. The molecule has 1 fully saturated rings. The van der Waals surface area contributed by atoms with Crippen molar-refractivity contribution >= 4 is 17.4 Å². The number of para-hydroxylation sites is 1. The molecule has 1 spiro atoms. The number of methoxy groups -OCH3 is 1. The molecule has 0 unspecified atom stereocenters. The first kappa shape index (κ1) is 16.4. The van der Waals surface area contributed by atoms with Gasteiger partial charge in [-0.1, -0.05) is 23.9 Å². The first-order valence-electron chi connectivity index (χ1n) is 8.03. The number of hydrogen-bond donors (Lipinski definition) is 0. The smallest absolute Gasteiger partial charge is 0.283 e. The maximum atomic E-state index is 11.6. The molecular formula is C18H17NO5S. The van der Waals surface area contributed by atoms with Gasteiger partial charge >= 0.3 is 0 Å². The van der Waals surface area contributed by atoms with Crippen LogP contribution in [0.5, 0.6) is 5.75 Å². The van der Waals surface area contributed by atoms with Crippen molar-refractivity contribution in [1.82, 2.24) is 0 Å². The van der Waals surface area contributed by atoms with Crippen molar-refractivity contribution in [3.8, 4) is 5.75 Å². The molecule has 1 aliphatic carbocycles. The maximum absolute atomic E-state index is 11.6. The lowest BCUT2D eigenvalue weighted by Crippen LogP contribution is -2.23. The first-order chi connectivity index (χ1) is 12.1. The second-order valence-corrected chi connectivity index (χ2v) is 7.02. The Kier molecular flexibility index (Phi) is 4.15. The molecule has 0 saturated carbocycles. The average molecular weight is 359 g/mol. The summed E-state index contributed by atoms with van der Waals surface area (Å²) in [5, 5.41) is 11.6. The fourth-order valence-corrected chi connectivity index (χ4v) is 4.46. The molecule has 7 heteroatoms. The fraction of sp³-hybridized carbons (Fsp3) is 0.333. The van der Waals surface area contributed by atoms with Gasteiger partial charge in [0.15, 0.2) is 5.79 Å². The lowest BCUT2D eigenvalue weighted by molar-refractivity contribution is -0.387. The van der Waals surface area contributed by atoms with Crippen LogP contribution in [0, 0.1) is 10.1 Å². The highest BCUT2D eigenvalue weighted by molar-refractivity contribution is 7.99. The topological polar surface area (TPSA) is 70.8 Å². The maximum Gasteiger partial charge on any atom is 0.283 e. The van der Waals surface area contributed by atoms with E-state index in [0.29, 0.717) is 30.3 Å². The molecule has 0 aromatic heterocycles. The summed E-state index contributed by atoms with van der Waals surface area (Å²) in [7, 11) is 1.59. The largest absolute Gasteiger partial charge is 0.496 e. The predicted octanol–water partition coefficient (Wildman–Crippen LogP) is 3.90. The minimum Gasteiger partial charge on any atom is -0.496 e. The summed E-state index contributed by atoms with van der Waals surface area (Å²) in [6.45, 7) is 1.09. The van der Waals surface area contributed by atoms with E-state index < -0.39 is 5.79 Å². The standard InChI is InChI=1S/C18H17NO5S/c1-22-15-4-2-3-5-16(15)25-17-11-13-12(10-14(17)19(20)21)6-7-18(13)23-8-9-24-18/h2-5,10-11H,6-9H2,1H3. The number of fused-ring (bicyclic) bond motifs is 2. The zero-order chi connectivity index (χ0) is 17.4. The van der Waals surface area contributed by atoms with E-state index in [2.05, 4.69) is 0 Å². The Labute approximate surface area is 149 Å². The number of aryl methyl sites for hydroxylation is 1. The highest BCUT2D eigenvalue weighted by Crippen LogP contribution is 2.48. The van der Waals surface area contributed by atoms with Gasteiger partial charge in [0.25, 0.3) is 5.69 Å². The van der Waals surface area contributed by atoms with E-state index in [1.54, 1.807) is 13.2 Å². The quantitative estimate of drug-likeness (QED) is 0.609. The van der Waals surface area contributed by atoms with Crippen LogP contribution in [-0.2, 0) is 21.7 Å². The Bertz CT molecular complexity index is 832. The van der Waals surface area contributed by atoms with Crippen LogP contribution in [-0.4, -0.2) is 25.2 Å². The van der Waals surface area contributed by atoms with Gasteiger partial charge in [-0.05, 0) is 30.2 Å². The summed E-state index contributed by atoms with van der Waals surface area (Å²) in [6, 6.07) is 11.0. The molecule has 0 radical (unpaired) electrons. The fourth-order valence-electron chi connectivity index (χ4n) is 3.41. The molecule has 25 heavy (non-hydrogen) atoms. The number of hydrogen-bond acceptors (Lipinski definition) is 6. The van der Waals surface area contributed by atoms with Crippen LogP contribution in [0.4, 0.5) is 5.69 Å². The van der Waals surface area contributed by atoms with E-state index >= 15 is 0 Å². The summed E-state index contributed by atoms with van der Waals surface area (Å²) in [6.07, 6.45) is 1.41. The van der Waals surface area contributed by atoms with Crippen molar-refractivity contribution in [1.29, 1.82) is 0 Å². The molecule has 130 valence electrons. The van der Waals surface area contributed by atoms with Crippen LogP contribution < -0.4 is 4.74 Å². The molecule has 0 amide bonds. The van der Waals surface area contributed by atoms with Crippen molar-refractivity contribution in [3.05, 3.63) is 57.6 Å². The zero-order valence-electron chi connectivity index (χ0n) is 13.7. The second-order valence-electron chi connectivity index (χ2n) is 5.94. The SMILES string of the molecule is COc1ccccc1Sc1cc2c(cc1[N+](=O)[O-])CCC21OCCO1. The van der Waals surface area contributed by atoms with Crippen molar-refractivity contribution < 1.29 is 19.1 Å². The van der Waals surface area contributed by atoms with Crippen LogP contribution in [0.15, 0.2) is 46.2 Å². The molecule has 2 aromatic rings. The molecule has 0 atom stereocenters. The van der Waals surface area contributed by atoms with Gasteiger partial charge in [-0.2, -0.15) is 0 Å². The lowest BCUT2D eigenvalue weighted by atomic mass is 10.1. The summed E-state index contributed by atoms with van der Waals surface area (Å²) >= 11 is 1.32. The molecule has 4 rings (SSSR count). The van der Waals surface area contributed by atoms with Crippen LogP contribution in [0.25, 0.3) is 0 Å². The van der Waals surface area contributed by atoms with Gasteiger partial charge in [-0.15, -0.1) is 0 Å². The van der Waals surface area contributed by atoms with E-state index in [-0.39, 0.29) is 10.6 Å². The predicted molar refractivity (Wildman–Crippen MR) is 92.1 cm³/mol. The van der Waals surface area contributed by atoms with E-state index in [1.807, 2.05) is 30.3 Å². The molecule has 2 aliphatic rings. The molecule has 0 bridgehead atoms. The number of nitrogens with zero attached hydrogens (tertiary/aromatic N) is 1.